The van der Waals surface area contributed by atoms with Crippen LogP contribution >= 0.6 is 11.5 Å². The van der Waals surface area contributed by atoms with Crippen LogP contribution in [0.5, 0.6) is 0 Å². The molecule has 0 aliphatic heterocycles. The molecule has 0 aliphatic carbocycles. The smallest absolute Gasteiger partial charge is 0.232 e. The summed E-state index contributed by atoms with van der Waals surface area (Å²) in [6.45, 7) is 2.04. The highest BCUT2D eigenvalue weighted by Crippen LogP contribution is 2.24. The number of nitrogen functional groups attached to an aromatic ring is 1. The Bertz CT molecular complexity index is 407. The maximum atomic E-state index is 5.48. The van der Waals surface area contributed by atoms with E-state index in [4.69, 9.17) is 10.2 Å². The molecule has 68 valence electrons. The maximum absolute atomic E-state index is 5.48. The highest BCUT2D eigenvalue weighted by atomic mass is 32.1. The molecular weight excluding hydrogens is 186 g/mol. The Morgan fingerprint density at radius 1 is 1.54 bits per heavy atom. The standard InChI is InChI=1S/C8H9N3OS/c1-2-5-3-4-6(12-5)7-10-8(9)11-13-7/h3-4H,2H2,1H3,(H2,9,11). The highest BCUT2D eigenvalue weighted by Gasteiger charge is 2.08. The summed E-state index contributed by atoms with van der Waals surface area (Å²) in [5.74, 6) is 1.99. The largest absolute Gasteiger partial charge is 0.459 e. The molecule has 0 spiro atoms. The van der Waals surface area contributed by atoms with E-state index in [2.05, 4.69) is 9.36 Å². The highest BCUT2D eigenvalue weighted by molar-refractivity contribution is 7.09. The molecule has 2 aromatic heterocycles. The van der Waals surface area contributed by atoms with Crippen molar-refractivity contribution in [3.63, 3.8) is 0 Å². The quantitative estimate of drug-likeness (QED) is 0.795. The zero-order valence-corrected chi connectivity index (χ0v) is 7.97. The van der Waals surface area contributed by atoms with Crippen LogP contribution in [-0.4, -0.2) is 9.36 Å². The summed E-state index contributed by atoms with van der Waals surface area (Å²) in [7, 11) is 0. The summed E-state index contributed by atoms with van der Waals surface area (Å²) < 4.78 is 9.36. The predicted octanol–water partition coefficient (Wildman–Crippen LogP) is 1.94. The third-order valence-corrected chi connectivity index (χ3v) is 2.41. The van der Waals surface area contributed by atoms with E-state index in [-0.39, 0.29) is 0 Å². The minimum absolute atomic E-state index is 0.300. The summed E-state index contributed by atoms with van der Waals surface area (Å²) in [6.07, 6.45) is 0.883. The number of rotatable bonds is 2. The molecule has 0 bridgehead atoms. The zero-order chi connectivity index (χ0) is 9.26. The third kappa shape index (κ3) is 1.55. The van der Waals surface area contributed by atoms with Gasteiger partial charge in [-0.05, 0) is 23.7 Å². The molecule has 2 aromatic rings. The molecule has 0 radical (unpaired) electrons. The van der Waals surface area contributed by atoms with Crippen molar-refractivity contribution >= 4 is 17.5 Å². The Balaban J connectivity index is 2.35. The topological polar surface area (TPSA) is 64.9 Å². The van der Waals surface area contributed by atoms with E-state index in [1.807, 2.05) is 19.1 Å². The molecule has 13 heavy (non-hydrogen) atoms. The fourth-order valence-corrected chi connectivity index (χ4v) is 1.57. The maximum Gasteiger partial charge on any atom is 0.232 e. The molecule has 2 heterocycles. The number of hydrogen-bond donors (Lipinski definition) is 1. The van der Waals surface area contributed by atoms with Crippen LogP contribution in [0.15, 0.2) is 16.5 Å². The monoisotopic (exact) mass is 195 g/mol. The van der Waals surface area contributed by atoms with Gasteiger partial charge in [0.2, 0.25) is 5.95 Å². The number of hydrogen-bond acceptors (Lipinski definition) is 5. The Hall–Kier alpha value is -1.36. The van der Waals surface area contributed by atoms with Crippen molar-refractivity contribution in [3.05, 3.63) is 17.9 Å². The SMILES string of the molecule is CCc1ccc(-c2nc(N)ns2)o1. The minimum atomic E-state index is 0.300. The average molecular weight is 195 g/mol. The van der Waals surface area contributed by atoms with Gasteiger partial charge in [-0.15, -0.1) is 0 Å². The molecule has 0 aliphatic rings. The number of aryl methyl sites for hydroxylation is 1. The number of furan rings is 1. The Morgan fingerprint density at radius 2 is 2.38 bits per heavy atom. The summed E-state index contributed by atoms with van der Waals surface area (Å²) in [6, 6.07) is 3.83. The second kappa shape index (κ2) is 3.18. The van der Waals surface area contributed by atoms with Gasteiger partial charge in [0.1, 0.15) is 5.76 Å². The first-order valence-electron chi connectivity index (χ1n) is 3.98. The number of nitrogens with two attached hydrogens (primary N) is 1. The molecule has 0 atom stereocenters. The normalized spacial score (nSPS) is 10.5. The molecule has 0 amide bonds. The van der Waals surface area contributed by atoms with E-state index < -0.39 is 0 Å². The van der Waals surface area contributed by atoms with Gasteiger partial charge in [0.25, 0.3) is 0 Å². The number of anilines is 1. The van der Waals surface area contributed by atoms with Gasteiger partial charge in [0.15, 0.2) is 10.8 Å². The number of nitrogens with zero attached hydrogens (tertiary/aromatic N) is 2. The lowest BCUT2D eigenvalue weighted by Crippen LogP contribution is -1.84. The average Bonchev–Trinajstić information content (AvgIpc) is 2.71. The fourth-order valence-electron chi connectivity index (χ4n) is 1.02. The summed E-state index contributed by atoms with van der Waals surface area (Å²) in [5.41, 5.74) is 5.40. The molecule has 0 unspecified atom stereocenters. The second-order valence-corrected chi connectivity index (χ2v) is 3.33. The molecule has 0 fully saturated rings. The third-order valence-electron chi connectivity index (χ3n) is 1.66. The summed E-state index contributed by atoms with van der Waals surface area (Å²) >= 11 is 1.25. The lowest BCUT2D eigenvalue weighted by Gasteiger charge is -1.87. The number of aromatic nitrogens is 2. The van der Waals surface area contributed by atoms with Gasteiger partial charge < -0.3 is 10.2 Å². The minimum Gasteiger partial charge on any atom is -0.459 e. The van der Waals surface area contributed by atoms with Crippen molar-refractivity contribution in [1.82, 2.24) is 9.36 Å². The van der Waals surface area contributed by atoms with E-state index in [0.29, 0.717) is 5.95 Å². The van der Waals surface area contributed by atoms with Crippen molar-refractivity contribution in [3.8, 4) is 10.8 Å². The van der Waals surface area contributed by atoms with Crippen molar-refractivity contribution in [2.24, 2.45) is 0 Å². The van der Waals surface area contributed by atoms with Gasteiger partial charge in [-0.2, -0.15) is 9.36 Å². The first-order valence-corrected chi connectivity index (χ1v) is 4.75. The van der Waals surface area contributed by atoms with Crippen LogP contribution in [0, 0.1) is 0 Å². The Morgan fingerprint density at radius 3 is 2.92 bits per heavy atom. The van der Waals surface area contributed by atoms with Crippen LogP contribution in [0.4, 0.5) is 5.95 Å². The van der Waals surface area contributed by atoms with Crippen molar-refractivity contribution < 1.29 is 4.42 Å². The van der Waals surface area contributed by atoms with Crippen LogP contribution in [0.25, 0.3) is 10.8 Å². The van der Waals surface area contributed by atoms with E-state index in [1.54, 1.807) is 0 Å². The van der Waals surface area contributed by atoms with Crippen LogP contribution in [0.1, 0.15) is 12.7 Å². The van der Waals surface area contributed by atoms with E-state index in [9.17, 15) is 0 Å². The van der Waals surface area contributed by atoms with Crippen molar-refractivity contribution in [2.75, 3.05) is 5.73 Å². The summed E-state index contributed by atoms with van der Waals surface area (Å²) in [5, 5.41) is 0.734. The molecule has 0 aromatic carbocycles. The summed E-state index contributed by atoms with van der Waals surface area (Å²) in [4.78, 5) is 4.02. The van der Waals surface area contributed by atoms with Crippen molar-refractivity contribution in [1.29, 1.82) is 0 Å². The van der Waals surface area contributed by atoms with Gasteiger partial charge in [-0.25, -0.2) is 0 Å². The van der Waals surface area contributed by atoms with Gasteiger partial charge in [-0.1, -0.05) is 6.92 Å². The van der Waals surface area contributed by atoms with Gasteiger partial charge in [-0.3, -0.25) is 0 Å². The molecule has 0 saturated carbocycles. The first kappa shape index (κ1) is 8.25. The van der Waals surface area contributed by atoms with Crippen molar-refractivity contribution in [2.45, 2.75) is 13.3 Å². The van der Waals surface area contributed by atoms with Gasteiger partial charge >= 0.3 is 0 Å². The zero-order valence-electron chi connectivity index (χ0n) is 7.15. The van der Waals surface area contributed by atoms with Gasteiger partial charge in [0, 0.05) is 6.42 Å². The first-order chi connectivity index (χ1) is 6.29. The van der Waals surface area contributed by atoms with Crippen LogP contribution < -0.4 is 5.73 Å². The van der Waals surface area contributed by atoms with E-state index >= 15 is 0 Å². The Kier molecular flexibility index (Phi) is 2.02. The lowest BCUT2D eigenvalue weighted by molar-refractivity contribution is 0.529. The van der Waals surface area contributed by atoms with Gasteiger partial charge in [0.05, 0.1) is 0 Å². The molecule has 4 nitrogen and oxygen atoms in total. The molecule has 0 saturated heterocycles. The van der Waals surface area contributed by atoms with Crippen LogP contribution in [-0.2, 0) is 6.42 Å². The molecule has 2 rings (SSSR count). The Labute approximate surface area is 79.6 Å². The lowest BCUT2D eigenvalue weighted by atomic mass is 10.4. The fraction of sp³-hybridized carbons (Fsp3) is 0.250. The predicted molar refractivity (Wildman–Crippen MR) is 51.4 cm³/mol. The second-order valence-electron chi connectivity index (χ2n) is 2.58. The van der Waals surface area contributed by atoms with Crippen LogP contribution in [0.3, 0.4) is 0 Å². The van der Waals surface area contributed by atoms with E-state index in [1.165, 1.54) is 11.5 Å². The molecular formula is C8H9N3OS. The van der Waals surface area contributed by atoms with E-state index in [0.717, 1.165) is 22.9 Å². The molecule has 2 N–H and O–H groups in total. The molecule has 5 heteroatoms. The van der Waals surface area contributed by atoms with Crippen LogP contribution in [0.2, 0.25) is 0 Å².